The molecule has 134 valence electrons. The lowest BCUT2D eigenvalue weighted by Crippen LogP contribution is -2.24. The summed E-state index contributed by atoms with van der Waals surface area (Å²) in [6, 6.07) is 13.0. The Morgan fingerprint density at radius 1 is 0.960 bits per heavy atom. The molecule has 0 heterocycles. The van der Waals surface area contributed by atoms with Gasteiger partial charge in [0.05, 0.1) is 4.90 Å². The van der Waals surface area contributed by atoms with E-state index in [1.54, 1.807) is 36.4 Å². The Bertz CT molecular complexity index is 814. The number of carbonyl (C=O) groups excluding carboxylic acids is 1. The van der Waals surface area contributed by atoms with Gasteiger partial charge in [-0.25, -0.2) is 13.2 Å². The van der Waals surface area contributed by atoms with Crippen molar-refractivity contribution in [2.24, 2.45) is 5.92 Å². The molecule has 0 spiro atoms. The van der Waals surface area contributed by atoms with E-state index in [-0.39, 0.29) is 10.9 Å². The highest BCUT2D eigenvalue weighted by Crippen LogP contribution is 2.19. The van der Waals surface area contributed by atoms with E-state index in [9.17, 15) is 13.2 Å². The third kappa shape index (κ3) is 5.49. The standard InChI is InChI=1S/C18H23N3O3S/c1-13(2)12-14-4-10-17(11-5-14)25(23,24)21-16-8-6-15(7-9-16)20-18(22)19-3/h4-11,13,21H,12H2,1-3H3,(H2,19,20,22). The van der Waals surface area contributed by atoms with Crippen molar-refractivity contribution in [3.63, 3.8) is 0 Å². The Hall–Kier alpha value is -2.54. The van der Waals surface area contributed by atoms with E-state index in [4.69, 9.17) is 0 Å². The lowest BCUT2D eigenvalue weighted by molar-refractivity contribution is 0.254. The van der Waals surface area contributed by atoms with Crippen LogP contribution >= 0.6 is 0 Å². The zero-order valence-corrected chi connectivity index (χ0v) is 15.4. The Morgan fingerprint density at radius 3 is 2.04 bits per heavy atom. The molecule has 6 nitrogen and oxygen atoms in total. The minimum absolute atomic E-state index is 0.215. The average Bonchev–Trinajstić information content (AvgIpc) is 2.56. The molecule has 7 heteroatoms. The SMILES string of the molecule is CNC(=O)Nc1ccc(NS(=O)(=O)c2ccc(CC(C)C)cc2)cc1. The van der Waals surface area contributed by atoms with Gasteiger partial charge in [-0.05, 0) is 54.3 Å². The fourth-order valence-corrected chi connectivity index (χ4v) is 3.36. The second kappa shape index (κ2) is 8.02. The Balaban J connectivity index is 2.08. The second-order valence-corrected chi connectivity index (χ2v) is 7.81. The maximum atomic E-state index is 12.5. The van der Waals surface area contributed by atoms with Crippen LogP contribution in [0, 0.1) is 5.92 Å². The van der Waals surface area contributed by atoms with Crippen LogP contribution in [0.2, 0.25) is 0 Å². The minimum atomic E-state index is -3.65. The normalized spacial score (nSPS) is 11.2. The van der Waals surface area contributed by atoms with Crippen LogP contribution in [0.5, 0.6) is 0 Å². The molecule has 0 atom stereocenters. The average molecular weight is 361 g/mol. The highest BCUT2D eigenvalue weighted by Gasteiger charge is 2.14. The molecule has 0 aromatic heterocycles. The van der Waals surface area contributed by atoms with E-state index < -0.39 is 10.0 Å². The summed E-state index contributed by atoms with van der Waals surface area (Å²) in [7, 11) is -2.13. The lowest BCUT2D eigenvalue weighted by atomic mass is 10.0. The predicted molar refractivity (Wildman–Crippen MR) is 100 cm³/mol. The summed E-state index contributed by atoms with van der Waals surface area (Å²) in [5.74, 6) is 0.516. The molecule has 0 aliphatic heterocycles. The van der Waals surface area contributed by atoms with Gasteiger partial charge in [0.2, 0.25) is 0 Å². The number of anilines is 2. The van der Waals surface area contributed by atoms with Gasteiger partial charge in [-0.3, -0.25) is 4.72 Å². The summed E-state index contributed by atoms with van der Waals surface area (Å²) in [5.41, 5.74) is 2.10. The molecule has 0 radical (unpaired) electrons. The first-order valence-electron chi connectivity index (χ1n) is 8.00. The Morgan fingerprint density at radius 2 is 1.52 bits per heavy atom. The predicted octanol–water partition coefficient (Wildman–Crippen LogP) is 3.44. The second-order valence-electron chi connectivity index (χ2n) is 6.13. The van der Waals surface area contributed by atoms with Crippen LogP contribution in [0.4, 0.5) is 16.2 Å². The molecule has 2 aromatic carbocycles. The molecule has 0 unspecified atom stereocenters. The quantitative estimate of drug-likeness (QED) is 0.736. The molecule has 25 heavy (non-hydrogen) atoms. The van der Waals surface area contributed by atoms with Crippen LogP contribution in [0.15, 0.2) is 53.4 Å². The van der Waals surface area contributed by atoms with E-state index in [1.807, 2.05) is 12.1 Å². The van der Waals surface area contributed by atoms with Gasteiger partial charge in [0, 0.05) is 18.4 Å². The molecule has 0 saturated carbocycles. The molecule has 2 aromatic rings. The molecule has 0 saturated heterocycles. The summed E-state index contributed by atoms with van der Waals surface area (Å²) < 4.78 is 27.4. The first-order chi connectivity index (χ1) is 11.8. The van der Waals surface area contributed by atoms with Crippen LogP contribution in [0.1, 0.15) is 19.4 Å². The van der Waals surface area contributed by atoms with E-state index in [2.05, 4.69) is 29.2 Å². The van der Waals surface area contributed by atoms with Crippen molar-refractivity contribution >= 4 is 27.4 Å². The number of nitrogens with one attached hydrogen (secondary N) is 3. The van der Waals surface area contributed by atoms with Crippen LogP contribution in [-0.2, 0) is 16.4 Å². The van der Waals surface area contributed by atoms with Crippen molar-refractivity contribution < 1.29 is 13.2 Å². The van der Waals surface area contributed by atoms with Gasteiger partial charge in [-0.15, -0.1) is 0 Å². The Labute approximate surface area is 148 Å². The Kier molecular flexibility index (Phi) is 6.03. The molecule has 0 fully saturated rings. The van der Waals surface area contributed by atoms with E-state index in [0.717, 1.165) is 12.0 Å². The van der Waals surface area contributed by atoms with Gasteiger partial charge >= 0.3 is 6.03 Å². The summed E-state index contributed by atoms with van der Waals surface area (Å²) in [5, 5.41) is 5.05. The molecule has 0 aliphatic carbocycles. The number of hydrogen-bond donors (Lipinski definition) is 3. The smallest absolute Gasteiger partial charge is 0.318 e. The maximum Gasteiger partial charge on any atom is 0.318 e. The number of carbonyl (C=O) groups is 1. The number of rotatable bonds is 6. The van der Waals surface area contributed by atoms with Crippen molar-refractivity contribution in [1.82, 2.24) is 5.32 Å². The minimum Gasteiger partial charge on any atom is -0.341 e. The fraction of sp³-hybridized carbons (Fsp3) is 0.278. The topological polar surface area (TPSA) is 87.3 Å². The van der Waals surface area contributed by atoms with Gasteiger partial charge in [-0.1, -0.05) is 26.0 Å². The molecular weight excluding hydrogens is 338 g/mol. The van der Waals surface area contributed by atoms with Crippen LogP contribution in [0.25, 0.3) is 0 Å². The monoisotopic (exact) mass is 361 g/mol. The third-order valence-corrected chi connectivity index (χ3v) is 4.90. The van der Waals surface area contributed by atoms with Crippen molar-refractivity contribution in [1.29, 1.82) is 0 Å². The molecular formula is C18H23N3O3S. The van der Waals surface area contributed by atoms with Crippen molar-refractivity contribution in [3.05, 3.63) is 54.1 Å². The first kappa shape index (κ1) is 18.8. The van der Waals surface area contributed by atoms with Gasteiger partial charge in [-0.2, -0.15) is 0 Å². The number of urea groups is 1. The zero-order valence-electron chi connectivity index (χ0n) is 14.5. The summed E-state index contributed by atoms with van der Waals surface area (Å²) >= 11 is 0. The molecule has 0 aliphatic rings. The van der Waals surface area contributed by atoms with Crippen LogP contribution in [-0.4, -0.2) is 21.5 Å². The molecule has 0 bridgehead atoms. The lowest BCUT2D eigenvalue weighted by Gasteiger charge is -2.10. The summed E-state index contributed by atoms with van der Waals surface area (Å²) in [4.78, 5) is 11.5. The zero-order chi connectivity index (χ0) is 18.4. The van der Waals surface area contributed by atoms with Crippen molar-refractivity contribution in [2.45, 2.75) is 25.2 Å². The van der Waals surface area contributed by atoms with Gasteiger partial charge in [0.15, 0.2) is 0 Å². The van der Waals surface area contributed by atoms with Gasteiger partial charge < -0.3 is 10.6 Å². The highest BCUT2D eigenvalue weighted by atomic mass is 32.2. The maximum absolute atomic E-state index is 12.5. The van der Waals surface area contributed by atoms with Crippen LogP contribution in [0.3, 0.4) is 0 Å². The summed E-state index contributed by atoms with van der Waals surface area (Å²) in [6.07, 6.45) is 0.910. The molecule has 2 rings (SSSR count). The largest absolute Gasteiger partial charge is 0.341 e. The fourth-order valence-electron chi connectivity index (χ4n) is 2.31. The van der Waals surface area contributed by atoms with E-state index in [0.29, 0.717) is 17.3 Å². The highest BCUT2D eigenvalue weighted by molar-refractivity contribution is 7.92. The summed E-state index contributed by atoms with van der Waals surface area (Å²) in [6.45, 7) is 4.24. The van der Waals surface area contributed by atoms with Crippen molar-refractivity contribution in [3.8, 4) is 0 Å². The van der Waals surface area contributed by atoms with Gasteiger partial charge in [0.25, 0.3) is 10.0 Å². The number of amides is 2. The van der Waals surface area contributed by atoms with Gasteiger partial charge in [0.1, 0.15) is 0 Å². The third-order valence-electron chi connectivity index (χ3n) is 3.50. The first-order valence-corrected chi connectivity index (χ1v) is 9.49. The molecule has 2 amide bonds. The van der Waals surface area contributed by atoms with Crippen molar-refractivity contribution in [2.75, 3.05) is 17.1 Å². The number of benzene rings is 2. The van der Waals surface area contributed by atoms with Crippen LogP contribution < -0.4 is 15.4 Å². The van der Waals surface area contributed by atoms with E-state index >= 15 is 0 Å². The molecule has 3 N–H and O–H groups in total. The number of sulfonamides is 1. The van der Waals surface area contributed by atoms with E-state index in [1.165, 1.54) is 7.05 Å². The number of hydrogen-bond acceptors (Lipinski definition) is 3.